The molecule has 0 saturated carbocycles. The molecule has 0 aliphatic heterocycles. The molecule has 0 aromatic heterocycles. The Morgan fingerprint density at radius 2 is 1.79 bits per heavy atom. The van der Waals surface area contributed by atoms with E-state index in [0.717, 1.165) is 22.6 Å². The standard InChI is InChI=1S/C19H22ClNO2S/c1-4-18(14-5-9-16(23-3)10-6-14)21-19(22)13(2)24-17-11-7-15(20)8-12-17/h5-13,18H,4H2,1-3H3,(H,21,22)/t13-,18+/m0/s1. The number of methoxy groups -OCH3 is 1. The Morgan fingerprint density at radius 3 is 2.33 bits per heavy atom. The number of hydrogen-bond donors (Lipinski definition) is 1. The fourth-order valence-corrected chi connectivity index (χ4v) is 3.32. The monoisotopic (exact) mass is 363 g/mol. The SMILES string of the molecule is CC[C@@H](NC(=O)[C@H](C)Sc1ccc(Cl)cc1)c1ccc(OC)cc1. The summed E-state index contributed by atoms with van der Waals surface area (Å²) in [6.45, 7) is 3.97. The van der Waals surface area contributed by atoms with Crippen LogP contribution in [0.25, 0.3) is 0 Å². The lowest BCUT2D eigenvalue weighted by atomic mass is 10.0. The zero-order chi connectivity index (χ0) is 17.5. The van der Waals surface area contributed by atoms with Gasteiger partial charge in [-0.1, -0.05) is 30.7 Å². The molecule has 0 spiro atoms. The van der Waals surface area contributed by atoms with Gasteiger partial charge in [0, 0.05) is 9.92 Å². The molecule has 0 bridgehead atoms. The van der Waals surface area contributed by atoms with Gasteiger partial charge in [0.2, 0.25) is 5.91 Å². The summed E-state index contributed by atoms with van der Waals surface area (Å²) in [7, 11) is 1.64. The summed E-state index contributed by atoms with van der Waals surface area (Å²) in [4.78, 5) is 13.5. The fraction of sp³-hybridized carbons (Fsp3) is 0.316. The first-order valence-corrected chi connectivity index (χ1v) is 9.15. The van der Waals surface area contributed by atoms with Gasteiger partial charge in [0.25, 0.3) is 0 Å². The van der Waals surface area contributed by atoms with E-state index < -0.39 is 0 Å². The number of carbonyl (C=O) groups excluding carboxylic acids is 1. The molecule has 3 nitrogen and oxygen atoms in total. The van der Waals surface area contributed by atoms with Gasteiger partial charge >= 0.3 is 0 Å². The molecule has 0 saturated heterocycles. The fourth-order valence-electron chi connectivity index (χ4n) is 2.32. The van der Waals surface area contributed by atoms with E-state index in [1.807, 2.05) is 55.5 Å². The van der Waals surface area contributed by atoms with Crippen LogP contribution in [-0.4, -0.2) is 18.3 Å². The van der Waals surface area contributed by atoms with E-state index in [1.165, 1.54) is 11.8 Å². The maximum atomic E-state index is 12.5. The van der Waals surface area contributed by atoms with Crippen LogP contribution in [0.1, 0.15) is 31.9 Å². The number of hydrogen-bond acceptors (Lipinski definition) is 3. The second-order valence-electron chi connectivity index (χ2n) is 5.46. The first-order valence-electron chi connectivity index (χ1n) is 7.90. The van der Waals surface area contributed by atoms with Gasteiger partial charge in [-0.15, -0.1) is 11.8 Å². The minimum Gasteiger partial charge on any atom is -0.497 e. The zero-order valence-corrected chi connectivity index (χ0v) is 15.7. The van der Waals surface area contributed by atoms with Crippen molar-refractivity contribution < 1.29 is 9.53 Å². The normalized spacial score (nSPS) is 13.2. The lowest BCUT2D eigenvalue weighted by Gasteiger charge is -2.20. The van der Waals surface area contributed by atoms with Crippen LogP contribution < -0.4 is 10.1 Å². The van der Waals surface area contributed by atoms with Crippen molar-refractivity contribution in [2.24, 2.45) is 0 Å². The van der Waals surface area contributed by atoms with E-state index >= 15 is 0 Å². The van der Waals surface area contributed by atoms with Crippen LogP contribution in [0, 0.1) is 0 Å². The summed E-state index contributed by atoms with van der Waals surface area (Å²) in [5.41, 5.74) is 1.08. The Balaban J connectivity index is 1.98. The minimum absolute atomic E-state index is 0.00308. The van der Waals surface area contributed by atoms with E-state index in [1.54, 1.807) is 7.11 Å². The smallest absolute Gasteiger partial charge is 0.233 e. The average Bonchev–Trinajstić information content (AvgIpc) is 2.61. The summed E-state index contributed by atoms with van der Waals surface area (Å²) in [6.07, 6.45) is 0.830. The van der Waals surface area contributed by atoms with E-state index in [0.29, 0.717) is 5.02 Å². The van der Waals surface area contributed by atoms with Crippen molar-refractivity contribution in [3.05, 3.63) is 59.1 Å². The van der Waals surface area contributed by atoms with Crippen LogP contribution in [0.3, 0.4) is 0 Å². The Morgan fingerprint density at radius 1 is 1.17 bits per heavy atom. The van der Waals surface area contributed by atoms with Gasteiger partial charge in [-0.3, -0.25) is 4.79 Å². The first-order chi connectivity index (χ1) is 11.5. The lowest BCUT2D eigenvalue weighted by molar-refractivity contribution is -0.121. The molecule has 128 valence electrons. The second-order valence-corrected chi connectivity index (χ2v) is 7.31. The Hall–Kier alpha value is -1.65. The molecule has 0 unspecified atom stereocenters. The van der Waals surface area contributed by atoms with Crippen molar-refractivity contribution in [3.63, 3.8) is 0 Å². The first kappa shape index (κ1) is 18.7. The maximum Gasteiger partial charge on any atom is 0.233 e. The average molecular weight is 364 g/mol. The van der Waals surface area contributed by atoms with Crippen molar-refractivity contribution in [2.45, 2.75) is 36.5 Å². The van der Waals surface area contributed by atoms with Crippen LogP contribution in [0.4, 0.5) is 0 Å². The molecule has 24 heavy (non-hydrogen) atoms. The molecule has 0 radical (unpaired) electrons. The van der Waals surface area contributed by atoms with Crippen LogP contribution in [0.5, 0.6) is 5.75 Å². The quantitative estimate of drug-likeness (QED) is 0.696. The summed E-state index contributed by atoms with van der Waals surface area (Å²) >= 11 is 7.41. The van der Waals surface area contributed by atoms with Gasteiger partial charge in [-0.2, -0.15) is 0 Å². The van der Waals surface area contributed by atoms with Crippen LogP contribution in [0.2, 0.25) is 5.02 Å². The molecular formula is C19H22ClNO2S. The molecule has 2 rings (SSSR count). The van der Waals surface area contributed by atoms with E-state index in [2.05, 4.69) is 12.2 Å². The summed E-state index contributed by atoms with van der Waals surface area (Å²) in [5.74, 6) is 0.837. The summed E-state index contributed by atoms with van der Waals surface area (Å²) < 4.78 is 5.18. The number of rotatable bonds is 7. The predicted octanol–water partition coefficient (Wildman–Crippen LogP) is 5.10. The van der Waals surface area contributed by atoms with Crippen molar-refractivity contribution in [2.75, 3.05) is 7.11 Å². The van der Waals surface area contributed by atoms with Crippen LogP contribution >= 0.6 is 23.4 Å². The van der Waals surface area contributed by atoms with Crippen LogP contribution in [-0.2, 0) is 4.79 Å². The molecule has 2 aromatic rings. The number of nitrogens with one attached hydrogen (secondary N) is 1. The minimum atomic E-state index is -0.182. The van der Waals surface area contributed by atoms with E-state index in [4.69, 9.17) is 16.3 Å². The topological polar surface area (TPSA) is 38.3 Å². The maximum absolute atomic E-state index is 12.5. The lowest BCUT2D eigenvalue weighted by Crippen LogP contribution is -2.34. The Labute approximate surface area is 152 Å². The molecule has 1 amide bonds. The molecular weight excluding hydrogens is 342 g/mol. The van der Waals surface area contributed by atoms with Crippen molar-refractivity contribution in [3.8, 4) is 5.75 Å². The highest BCUT2D eigenvalue weighted by Gasteiger charge is 2.19. The molecule has 1 N–H and O–H groups in total. The zero-order valence-electron chi connectivity index (χ0n) is 14.1. The molecule has 0 aliphatic carbocycles. The van der Waals surface area contributed by atoms with Gasteiger partial charge in [-0.05, 0) is 55.3 Å². The number of carbonyl (C=O) groups is 1. The number of halogens is 1. The molecule has 0 aliphatic rings. The van der Waals surface area contributed by atoms with Gasteiger partial charge in [0.05, 0.1) is 18.4 Å². The third-order valence-corrected chi connectivity index (χ3v) is 5.10. The van der Waals surface area contributed by atoms with Gasteiger partial charge in [0.1, 0.15) is 5.75 Å². The van der Waals surface area contributed by atoms with Gasteiger partial charge in [0.15, 0.2) is 0 Å². The molecule has 2 atom stereocenters. The number of thioether (sulfide) groups is 1. The highest BCUT2D eigenvalue weighted by Crippen LogP contribution is 2.26. The number of ether oxygens (including phenoxy) is 1. The molecule has 2 aromatic carbocycles. The molecule has 5 heteroatoms. The second kappa shape index (κ2) is 9.00. The van der Waals surface area contributed by atoms with E-state index in [9.17, 15) is 4.79 Å². The Kier molecular flexibility index (Phi) is 7.00. The third kappa shape index (κ3) is 5.18. The van der Waals surface area contributed by atoms with Crippen molar-refractivity contribution in [1.29, 1.82) is 0 Å². The van der Waals surface area contributed by atoms with Crippen LogP contribution in [0.15, 0.2) is 53.4 Å². The summed E-state index contributed by atoms with van der Waals surface area (Å²) in [5, 5.41) is 3.64. The predicted molar refractivity (Wildman–Crippen MR) is 101 cm³/mol. The van der Waals surface area contributed by atoms with E-state index in [-0.39, 0.29) is 17.2 Å². The number of benzene rings is 2. The highest BCUT2D eigenvalue weighted by molar-refractivity contribution is 8.00. The highest BCUT2D eigenvalue weighted by atomic mass is 35.5. The molecule has 0 heterocycles. The Bertz CT molecular complexity index is 658. The summed E-state index contributed by atoms with van der Waals surface area (Å²) in [6, 6.07) is 15.3. The third-order valence-electron chi connectivity index (χ3n) is 3.74. The van der Waals surface area contributed by atoms with Crippen molar-refractivity contribution in [1.82, 2.24) is 5.32 Å². The van der Waals surface area contributed by atoms with Gasteiger partial charge < -0.3 is 10.1 Å². The van der Waals surface area contributed by atoms with Gasteiger partial charge in [-0.25, -0.2) is 0 Å². The largest absolute Gasteiger partial charge is 0.497 e. The number of amides is 1. The van der Waals surface area contributed by atoms with Crippen molar-refractivity contribution >= 4 is 29.3 Å². The molecule has 0 fully saturated rings.